The molecule has 1 aromatic heterocycles. The first-order valence-corrected chi connectivity index (χ1v) is 16.2. The summed E-state index contributed by atoms with van der Waals surface area (Å²) in [5.74, 6) is -0.231. The summed E-state index contributed by atoms with van der Waals surface area (Å²) in [5.41, 5.74) is 2.75. The average Bonchev–Trinajstić information content (AvgIpc) is 3.37. The molecule has 210 valence electrons. The SMILES string of the molecule is NC(=O)CSc1ccc(-c2csc(N(Cc3ccc(C(F)(F)P(=O)(O)O)c(Br)c3)c3ccc(Cl)c(Cl)c3)n2)cc1. The summed E-state index contributed by atoms with van der Waals surface area (Å²) in [7, 11) is -5.74. The van der Waals surface area contributed by atoms with Gasteiger partial charge in [0.1, 0.15) is 0 Å². The Kier molecular flexibility index (Phi) is 9.64. The van der Waals surface area contributed by atoms with E-state index in [0.717, 1.165) is 16.5 Å². The molecule has 1 heterocycles. The van der Waals surface area contributed by atoms with Gasteiger partial charge in [-0.25, -0.2) is 4.98 Å². The fourth-order valence-electron chi connectivity index (χ4n) is 3.56. The second kappa shape index (κ2) is 12.5. The molecule has 0 aliphatic carbocycles. The predicted molar refractivity (Wildman–Crippen MR) is 160 cm³/mol. The Balaban J connectivity index is 1.67. The number of aromatic nitrogens is 1. The number of thiazole rings is 1. The summed E-state index contributed by atoms with van der Waals surface area (Å²) in [5, 5.41) is 3.10. The first-order valence-electron chi connectivity index (χ1n) is 11.2. The first-order chi connectivity index (χ1) is 18.8. The van der Waals surface area contributed by atoms with Crippen LogP contribution in [0.3, 0.4) is 0 Å². The minimum Gasteiger partial charge on any atom is -0.369 e. The highest BCUT2D eigenvalue weighted by Gasteiger charge is 2.51. The molecule has 0 atom stereocenters. The monoisotopic (exact) mass is 707 g/mol. The molecule has 4 N–H and O–H groups in total. The Labute approximate surface area is 254 Å². The number of nitrogens with zero attached hydrogens (tertiary/aromatic N) is 2. The molecule has 4 aromatic rings. The molecule has 0 unspecified atom stereocenters. The molecule has 0 radical (unpaired) electrons. The lowest BCUT2D eigenvalue weighted by atomic mass is 10.1. The van der Waals surface area contributed by atoms with E-state index in [1.807, 2.05) is 34.5 Å². The minimum absolute atomic E-state index is 0.151. The van der Waals surface area contributed by atoms with Crippen LogP contribution in [0.1, 0.15) is 11.1 Å². The number of hydrogen-bond donors (Lipinski definition) is 3. The highest BCUT2D eigenvalue weighted by molar-refractivity contribution is 9.10. The molecule has 1 amide bonds. The van der Waals surface area contributed by atoms with Crippen LogP contribution in [0, 0.1) is 0 Å². The Morgan fingerprint density at radius 3 is 2.40 bits per heavy atom. The maximum absolute atomic E-state index is 14.3. The van der Waals surface area contributed by atoms with Crippen molar-refractivity contribution in [3.8, 4) is 11.3 Å². The maximum atomic E-state index is 14.3. The number of nitrogens with two attached hydrogens (primary N) is 1. The molecule has 4 rings (SSSR count). The zero-order valence-electron chi connectivity index (χ0n) is 20.1. The van der Waals surface area contributed by atoms with Crippen molar-refractivity contribution in [2.75, 3.05) is 10.7 Å². The van der Waals surface area contributed by atoms with Gasteiger partial charge in [-0.05, 0) is 42.0 Å². The highest BCUT2D eigenvalue weighted by atomic mass is 79.9. The maximum Gasteiger partial charge on any atom is 0.399 e. The van der Waals surface area contributed by atoms with Gasteiger partial charge < -0.3 is 20.4 Å². The van der Waals surface area contributed by atoms with Gasteiger partial charge in [-0.2, -0.15) is 8.78 Å². The summed E-state index contributed by atoms with van der Waals surface area (Å²) < 4.78 is 39.9. The average molecular weight is 709 g/mol. The van der Waals surface area contributed by atoms with Crippen LogP contribution < -0.4 is 10.6 Å². The van der Waals surface area contributed by atoms with Crippen molar-refractivity contribution < 1.29 is 27.9 Å². The van der Waals surface area contributed by atoms with E-state index in [1.54, 1.807) is 18.2 Å². The summed E-state index contributed by atoms with van der Waals surface area (Å²) in [4.78, 5) is 36.8. The normalized spacial score (nSPS) is 12.0. The highest BCUT2D eigenvalue weighted by Crippen LogP contribution is 2.60. The van der Waals surface area contributed by atoms with Gasteiger partial charge in [-0.3, -0.25) is 9.36 Å². The molecule has 3 aromatic carbocycles. The van der Waals surface area contributed by atoms with E-state index >= 15 is 0 Å². The van der Waals surface area contributed by atoms with Gasteiger partial charge in [0.25, 0.3) is 0 Å². The number of rotatable bonds is 10. The van der Waals surface area contributed by atoms with Gasteiger partial charge in [0.05, 0.1) is 28.0 Å². The van der Waals surface area contributed by atoms with Crippen molar-refractivity contribution in [2.24, 2.45) is 5.73 Å². The van der Waals surface area contributed by atoms with Crippen LogP contribution in [0.5, 0.6) is 0 Å². The van der Waals surface area contributed by atoms with E-state index in [0.29, 0.717) is 32.1 Å². The van der Waals surface area contributed by atoms with Crippen LogP contribution in [0.25, 0.3) is 11.3 Å². The molecule has 0 saturated heterocycles. The Morgan fingerprint density at radius 1 is 1.10 bits per heavy atom. The van der Waals surface area contributed by atoms with E-state index in [9.17, 15) is 18.1 Å². The quantitative estimate of drug-likeness (QED) is 0.113. The van der Waals surface area contributed by atoms with Crippen molar-refractivity contribution in [3.05, 3.63) is 91.7 Å². The third kappa shape index (κ3) is 7.06. The molecule has 0 spiro atoms. The number of alkyl halides is 2. The number of hydrogen-bond acceptors (Lipinski definition) is 6. The largest absolute Gasteiger partial charge is 0.399 e. The summed E-state index contributed by atoms with van der Waals surface area (Å²) in [6.07, 6.45) is 0. The number of halogens is 5. The number of carbonyl (C=O) groups excluding carboxylic acids is 1. The van der Waals surface area contributed by atoms with E-state index < -0.39 is 24.7 Å². The van der Waals surface area contributed by atoms with Crippen molar-refractivity contribution in [1.29, 1.82) is 0 Å². The van der Waals surface area contributed by atoms with Gasteiger partial charge in [0.2, 0.25) is 5.91 Å². The number of carbonyl (C=O) groups is 1. The Hall–Kier alpha value is -2.02. The fourth-order valence-corrected chi connectivity index (χ4v) is 6.68. The van der Waals surface area contributed by atoms with Crippen molar-refractivity contribution in [3.63, 3.8) is 0 Å². The molecule has 40 heavy (non-hydrogen) atoms. The number of amides is 1. The third-order valence-corrected chi connectivity index (χ3v) is 9.80. The standard InChI is InChI=1S/C25H19BrCl2F2N3O4PS2/c26-19-9-14(1-7-18(19)25(29,30)38(35,36)37)11-33(16-4-8-20(27)21(28)10-16)24-32-22(12-40-24)15-2-5-17(6-3-15)39-13-23(31)34/h1-10,12H,11,13H2,(H2,31,34)(H2,35,36,37). The van der Waals surface area contributed by atoms with Gasteiger partial charge in [0.15, 0.2) is 5.13 Å². The second-order valence-electron chi connectivity index (χ2n) is 8.38. The number of benzene rings is 3. The molecule has 15 heteroatoms. The van der Waals surface area contributed by atoms with Crippen molar-refractivity contribution in [2.45, 2.75) is 17.1 Å². The van der Waals surface area contributed by atoms with E-state index in [4.69, 9.17) is 43.7 Å². The lowest BCUT2D eigenvalue weighted by Gasteiger charge is -2.24. The predicted octanol–water partition coefficient (Wildman–Crippen LogP) is 8.02. The van der Waals surface area contributed by atoms with Crippen LogP contribution in [0.4, 0.5) is 19.6 Å². The molecule has 0 aliphatic heterocycles. The summed E-state index contributed by atoms with van der Waals surface area (Å²) in [6, 6.07) is 16.2. The van der Waals surface area contributed by atoms with Crippen LogP contribution >= 0.6 is 69.8 Å². The third-order valence-electron chi connectivity index (χ3n) is 5.53. The van der Waals surface area contributed by atoms with E-state index in [1.165, 1.54) is 35.2 Å². The molecule has 0 fully saturated rings. The van der Waals surface area contributed by atoms with Crippen LogP contribution in [0.2, 0.25) is 10.0 Å². The zero-order valence-corrected chi connectivity index (χ0v) is 25.7. The van der Waals surface area contributed by atoms with E-state index in [2.05, 4.69) is 15.9 Å². The van der Waals surface area contributed by atoms with Gasteiger partial charge in [0, 0.05) is 31.6 Å². The topological polar surface area (TPSA) is 117 Å². The summed E-state index contributed by atoms with van der Waals surface area (Å²) >= 11 is 18.1. The molecular weight excluding hydrogens is 690 g/mol. The zero-order chi connectivity index (χ0) is 29.2. The lowest BCUT2D eigenvalue weighted by Crippen LogP contribution is -2.18. The molecular formula is C25H19BrCl2F2N3O4PS2. The van der Waals surface area contributed by atoms with Crippen molar-refractivity contribution >= 4 is 86.6 Å². The molecule has 0 saturated carbocycles. The molecule has 0 bridgehead atoms. The molecule has 0 aliphatic rings. The minimum atomic E-state index is -5.74. The van der Waals surface area contributed by atoms with E-state index in [-0.39, 0.29) is 16.8 Å². The number of anilines is 2. The smallest absolute Gasteiger partial charge is 0.369 e. The number of primary amides is 1. The Bertz CT molecular complexity index is 1610. The second-order valence-corrected chi connectivity index (χ2v) is 13.6. The van der Waals surface area contributed by atoms with Gasteiger partial charge >= 0.3 is 13.3 Å². The van der Waals surface area contributed by atoms with Crippen LogP contribution in [-0.4, -0.2) is 26.4 Å². The van der Waals surface area contributed by atoms with Gasteiger partial charge in [-0.15, -0.1) is 23.1 Å². The number of thioether (sulfide) groups is 1. The fraction of sp³-hybridized carbons (Fsp3) is 0.120. The summed E-state index contributed by atoms with van der Waals surface area (Å²) in [6.45, 7) is 0.161. The van der Waals surface area contributed by atoms with Crippen LogP contribution in [-0.2, 0) is 21.6 Å². The first kappa shape index (κ1) is 30.9. The molecule has 7 nitrogen and oxygen atoms in total. The lowest BCUT2D eigenvalue weighted by molar-refractivity contribution is -0.115. The van der Waals surface area contributed by atoms with Crippen molar-refractivity contribution in [1.82, 2.24) is 4.98 Å². The van der Waals surface area contributed by atoms with Crippen LogP contribution in [0.15, 0.2) is 75.4 Å². The Morgan fingerprint density at radius 2 is 1.80 bits per heavy atom. The van der Waals surface area contributed by atoms with Gasteiger partial charge in [-0.1, -0.05) is 63.4 Å².